The molecule has 0 radical (unpaired) electrons. The molecule has 2 aliphatic rings. The van der Waals surface area contributed by atoms with Crippen molar-refractivity contribution >= 4 is 54.6 Å². The fourth-order valence-electron chi connectivity index (χ4n) is 9.24. The first-order valence-corrected chi connectivity index (χ1v) is 17.5. The number of nitriles is 1. The van der Waals surface area contributed by atoms with E-state index >= 15 is 0 Å². The molecule has 4 nitrogen and oxygen atoms in total. The van der Waals surface area contributed by atoms with Gasteiger partial charge in [0.25, 0.3) is 0 Å². The fourth-order valence-corrected chi connectivity index (χ4v) is 9.24. The van der Waals surface area contributed by atoms with Crippen molar-refractivity contribution in [2.45, 2.75) is 31.1 Å². The summed E-state index contributed by atoms with van der Waals surface area (Å²) in [6.45, 7) is 0. The number of hydrogen-bond acceptors (Lipinski definition) is 3. The van der Waals surface area contributed by atoms with Gasteiger partial charge in [0, 0.05) is 38.8 Å². The summed E-state index contributed by atoms with van der Waals surface area (Å²) in [5.41, 5.74) is 13.1. The average Bonchev–Trinajstić information content (AvgIpc) is 3.62. The Kier molecular flexibility index (Phi) is 5.71. The largest absolute Gasteiger partial charge is 0.308 e. The maximum absolute atomic E-state index is 9.51. The standard InChI is InChI=1S/C46H30N4/c47-26-27-17-19-29(20-18-27)44-34-14-5-7-15-39(34)48-46(49-44)35-22-21-28-9-3-4-12-32(28)36-25-37-33-13-6-8-16-40(33)50-41-24-31-11-2-1-10-30(31)23-38(41)43(42(35)36)45(37)50/h1-20,23-24,35-36H,21-22,25H2. The molecule has 50 heavy (non-hydrogen) atoms. The van der Waals surface area contributed by atoms with Crippen molar-refractivity contribution in [2.24, 2.45) is 0 Å². The highest BCUT2D eigenvalue weighted by molar-refractivity contribution is 6.08. The number of fused-ring (bicyclic) bond motifs is 11. The predicted octanol–water partition coefficient (Wildman–Crippen LogP) is 9.82. The predicted molar refractivity (Wildman–Crippen MR) is 202 cm³/mol. The molecule has 0 saturated carbocycles. The van der Waals surface area contributed by atoms with Gasteiger partial charge in [-0.05, 0) is 88.7 Å². The van der Waals surface area contributed by atoms with Crippen LogP contribution in [-0.2, 0) is 12.8 Å². The van der Waals surface area contributed by atoms with Crippen LogP contribution >= 0.6 is 0 Å². The molecule has 0 saturated heterocycles. The Bertz CT molecular complexity index is 2980. The molecule has 0 spiro atoms. The van der Waals surface area contributed by atoms with Crippen LogP contribution in [0.5, 0.6) is 0 Å². The lowest BCUT2D eigenvalue weighted by atomic mass is 9.75. The topological polar surface area (TPSA) is 54.0 Å². The van der Waals surface area contributed by atoms with Crippen LogP contribution in [-0.4, -0.2) is 14.4 Å². The minimum Gasteiger partial charge on any atom is -0.308 e. The molecule has 6 aromatic carbocycles. The number of rotatable bonds is 2. The summed E-state index contributed by atoms with van der Waals surface area (Å²) >= 11 is 0. The average molecular weight is 639 g/mol. The van der Waals surface area contributed by atoms with Crippen LogP contribution in [0.1, 0.15) is 46.3 Å². The summed E-state index contributed by atoms with van der Waals surface area (Å²) in [6, 6.07) is 50.1. The van der Waals surface area contributed by atoms with Crippen molar-refractivity contribution < 1.29 is 0 Å². The Morgan fingerprint density at radius 2 is 1.40 bits per heavy atom. The number of para-hydroxylation sites is 2. The lowest BCUT2D eigenvalue weighted by molar-refractivity contribution is 0.689. The van der Waals surface area contributed by atoms with Crippen LogP contribution in [0.4, 0.5) is 0 Å². The third-order valence-corrected chi connectivity index (χ3v) is 11.4. The first kappa shape index (κ1) is 27.6. The van der Waals surface area contributed by atoms with Gasteiger partial charge in [0.05, 0.1) is 39.4 Å². The molecule has 2 unspecified atom stereocenters. The Labute approximate surface area is 288 Å². The summed E-state index contributed by atoms with van der Waals surface area (Å²) < 4.78 is 2.54. The number of aryl methyl sites for hydroxylation is 1. The van der Waals surface area contributed by atoms with Crippen LogP contribution in [0, 0.1) is 11.3 Å². The number of hydrogen-bond donors (Lipinski definition) is 0. The molecule has 2 atom stereocenters. The monoisotopic (exact) mass is 638 g/mol. The van der Waals surface area contributed by atoms with Crippen molar-refractivity contribution in [3.8, 4) is 17.3 Å². The molecule has 0 amide bonds. The molecular formula is C46H30N4. The van der Waals surface area contributed by atoms with E-state index < -0.39 is 0 Å². The molecule has 0 N–H and O–H groups in total. The molecule has 3 heterocycles. The molecule has 9 aromatic rings. The molecule has 2 aliphatic carbocycles. The van der Waals surface area contributed by atoms with Crippen molar-refractivity contribution in [3.05, 3.63) is 167 Å². The fraction of sp³-hybridized carbons (Fsp3) is 0.109. The Morgan fingerprint density at radius 1 is 0.660 bits per heavy atom. The van der Waals surface area contributed by atoms with Crippen molar-refractivity contribution in [3.63, 3.8) is 0 Å². The van der Waals surface area contributed by atoms with Gasteiger partial charge in [-0.3, -0.25) is 0 Å². The second-order valence-electron chi connectivity index (χ2n) is 13.9. The third kappa shape index (κ3) is 3.80. The second kappa shape index (κ2) is 10.3. The highest BCUT2D eigenvalue weighted by atomic mass is 14.9. The second-order valence-corrected chi connectivity index (χ2v) is 13.9. The lowest BCUT2D eigenvalue weighted by Gasteiger charge is -2.29. The van der Waals surface area contributed by atoms with E-state index in [0.717, 1.165) is 47.2 Å². The Balaban J connectivity index is 1.30. The van der Waals surface area contributed by atoms with E-state index in [2.05, 4.69) is 120 Å². The zero-order valence-electron chi connectivity index (χ0n) is 27.3. The normalized spacial score (nSPS) is 16.9. The first-order valence-electron chi connectivity index (χ1n) is 17.5. The molecule has 234 valence electrons. The van der Waals surface area contributed by atoms with Gasteiger partial charge in [0.15, 0.2) is 0 Å². The van der Waals surface area contributed by atoms with Crippen LogP contribution in [0.25, 0.3) is 65.8 Å². The number of benzene rings is 6. The molecule has 4 heteroatoms. The van der Waals surface area contributed by atoms with Crippen LogP contribution < -0.4 is 5.22 Å². The van der Waals surface area contributed by atoms with Gasteiger partial charge in [-0.2, -0.15) is 5.26 Å². The number of nitrogens with zero attached hydrogens (tertiary/aromatic N) is 4. The molecular weight excluding hydrogens is 609 g/mol. The van der Waals surface area contributed by atoms with Crippen LogP contribution in [0.15, 0.2) is 133 Å². The molecule has 3 aromatic heterocycles. The van der Waals surface area contributed by atoms with Crippen LogP contribution in [0.2, 0.25) is 0 Å². The number of aromatic nitrogens is 3. The zero-order chi connectivity index (χ0) is 32.9. The van der Waals surface area contributed by atoms with Crippen molar-refractivity contribution in [1.29, 1.82) is 5.26 Å². The van der Waals surface area contributed by atoms with Gasteiger partial charge in [0.2, 0.25) is 0 Å². The lowest BCUT2D eigenvalue weighted by Crippen LogP contribution is -2.25. The summed E-state index contributed by atoms with van der Waals surface area (Å²) in [6.07, 6.45) is 2.83. The van der Waals surface area contributed by atoms with Gasteiger partial charge >= 0.3 is 0 Å². The summed E-state index contributed by atoms with van der Waals surface area (Å²) in [7, 11) is 0. The summed E-state index contributed by atoms with van der Waals surface area (Å²) in [5.74, 6) is 1.09. The van der Waals surface area contributed by atoms with Crippen molar-refractivity contribution in [1.82, 2.24) is 14.4 Å². The van der Waals surface area contributed by atoms with Gasteiger partial charge in [-0.1, -0.05) is 97.1 Å². The summed E-state index contributed by atoms with van der Waals surface area (Å²) in [4.78, 5) is 10.9. The van der Waals surface area contributed by atoms with Gasteiger partial charge in [-0.15, -0.1) is 0 Å². The third-order valence-electron chi connectivity index (χ3n) is 11.4. The van der Waals surface area contributed by atoms with E-state index in [-0.39, 0.29) is 11.8 Å². The van der Waals surface area contributed by atoms with E-state index in [4.69, 9.17) is 9.97 Å². The molecule has 0 bridgehead atoms. The highest BCUT2D eigenvalue weighted by Gasteiger charge is 2.38. The van der Waals surface area contributed by atoms with Gasteiger partial charge in [-0.25, -0.2) is 9.97 Å². The SMILES string of the molecule is N#Cc1ccc(-c2nc(C3CCc4ccccc4C4Cc5c6ccccc6n6c5c(c5cc7ccccc7cc56)=C34)nc3ccccc23)cc1. The first-order chi connectivity index (χ1) is 24.7. The van der Waals surface area contributed by atoms with E-state index in [0.29, 0.717) is 5.56 Å². The van der Waals surface area contributed by atoms with E-state index in [1.807, 2.05) is 24.3 Å². The summed E-state index contributed by atoms with van der Waals surface area (Å²) in [5, 5.41) is 17.1. The van der Waals surface area contributed by atoms with Crippen LogP contribution in [0.3, 0.4) is 0 Å². The molecule has 0 fully saturated rings. The Morgan fingerprint density at radius 3 is 2.26 bits per heavy atom. The van der Waals surface area contributed by atoms with E-state index in [1.165, 1.54) is 65.6 Å². The quantitative estimate of drug-likeness (QED) is 0.189. The zero-order valence-corrected chi connectivity index (χ0v) is 27.3. The Hall–Kier alpha value is -6.31. The van der Waals surface area contributed by atoms with Crippen molar-refractivity contribution in [2.75, 3.05) is 0 Å². The highest BCUT2D eigenvalue weighted by Crippen LogP contribution is 2.49. The molecule has 0 aliphatic heterocycles. The van der Waals surface area contributed by atoms with Gasteiger partial charge in [0.1, 0.15) is 5.82 Å². The smallest absolute Gasteiger partial charge is 0.136 e. The minimum atomic E-state index is 0.0150. The molecule has 11 rings (SSSR count). The van der Waals surface area contributed by atoms with Gasteiger partial charge < -0.3 is 4.40 Å². The maximum atomic E-state index is 9.51. The minimum absolute atomic E-state index is 0.0150. The van der Waals surface area contributed by atoms with E-state index in [9.17, 15) is 5.26 Å². The maximum Gasteiger partial charge on any atom is 0.136 e. The van der Waals surface area contributed by atoms with E-state index in [1.54, 1.807) is 0 Å².